The van der Waals surface area contributed by atoms with Crippen LogP contribution in [0.3, 0.4) is 0 Å². The Balaban J connectivity index is 1.28. The molecular weight excluding hydrogens is 635 g/mol. The third-order valence-corrected chi connectivity index (χ3v) is 10.2. The van der Waals surface area contributed by atoms with E-state index in [1.54, 1.807) is 43.5 Å². The first-order chi connectivity index (χ1) is 23.1. The van der Waals surface area contributed by atoms with Gasteiger partial charge in [0.15, 0.2) is 0 Å². The molecule has 0 aliphatic carbocycles. The van der Waals surface area contributed by atoms with Gasteiger partial charge in [0.05, 0.1) is 41.2 Å². The minimum atomic E-state index is -3.71. The molecule has 6 rings (SSSR count). The number of nitrogens with two attached hydrogens (primary N) is 1. The van der Waals surface area contributed by atoms with Gasteiger partial charge >= 0.3 is 0 Å². The molecule has 4 aromatic carbocycles. The van der Waals surface area contributed by atoms with Crippen LogP contribution >= 0.6 is 0 Å². The molecule has 0 spiro atoms. The number of benzene rings is 4. The fourth-order valence-corrected chi connectivity index (χ4v) is 7.23. The summed E-state index contributed by atoms with van der Waals surface area (Å²) in [5.41, 5.74) is 7.34. The number of nitrogens with zero attached hydrogens (tertiary/aromatic N) is 4. The molecule has 13 heteroatoms. The number of sulfonamides is 1. The lowest BCUT2D eigenvalue weighted by Crippen LogP contribution is -2.51. The smallest absolute Gasteiger partial charge is 0.266 e. The highest BCUT2D eigenvalue weighted by atomic mass is 32.2. The average molecular weight is 671 g/mol. The SMILES string of the molecule is COc1ccc(-n2c([C@H](Cc3ccccc3)NC(=O)CN3CCN(S(=O)(=O)c4ccc(N)cc4)CC3)nc3cc(F)ccc3c2=O)cc1. The Morgan fingerprint density at radius 2 is 1.65 bits per heavy atom. The van der Waals surface area contributed by atoms with E-state index in [1.807, 2.05) is 35.2 Å². The van der Waals surface area contributed by atoms with Crippen molar-refractivity contribution in [2.24, 2.45) is 0 Å². The molecule has 5 aromatic rings. The molecule has 1 aromatic heterocycles. The number of amides is 1. The number of hydrogen-bond donors (Lipinski definition) is 2. The van der Waals surface area contributed by atoms with Crippen molar-refractivity contribution in [3.63, 3.8) is 0 Å². The lowest BCUT2D eigenvalue weighted by molar-refractivity contribution is -0.123. The highest BCUT2D eigenvalue weighted by Gasteiger charge is 2.30. The minimum Gasteiger partial charge on any atom is -0.497 e. The molecule has 2 heterocycles. The summed E-state index contributed by atoms with van der Waals surface area (Å²) in [6.07, 6.45) is 0.295. The normalized spacial score (nSPS) is 14.9. The van der Waals surface area contributed by atoms with Gasteiger partial charge in [0.1, 0.15) is 17.4 Å². The van der Waals surface area contributed by atoms with Crippen LogP contribution in [0.4, 0.5) is 10.1 Å². The van der Waals surface area contributed by atoms with E-state index in [1.165, 1.54) is 39.2 Å². The first kappa shape index (κ1) is 32.8. The zero-order valence-electron chi connectivity index (χ0n) is 26.3. The number of methoxy groups -OCH3 is 1. The molecule has 1 aliphatic heterocycles. The van der Waals surface area contributed by atoms with Gasteiger partial charge in [0.2, 0.25) is 15.9 Å². The number of hydrogen-bond acceptors (Lipinski definition) is 8. The second-order valence-electron chi connectivity index (χ2n) is 11.5. The first-order valence-corrected chi connectivity index (χ1v) is 16.8. The zero-order valence-corrected chi connectivity index (χ0v) is 27.1. The van der Waals surface area contributed by atoms with E-state index in [4.69, 9.17) is 15.5 Å². The van der Waals surface area contributed by atoms with Crippen molar-refractivity contribution >= 4 is 32.5 Å². The predicted octanol–water partition coefficient (Wildman–Crippen LogP) is 3.52. The summed E-state index contributed by atoms with van der Waals surface area (Å²) in [7, 11) is -2.16. The Morgan fingerprint density at radius 3 is 2.31 bits per heavy atom. The monoisotopic (exact) mass is 670 g/mol. The van der Waals surface area contributed by atoms with Crippen LogP contribution < -0.4 is 21.3 Å². The van der Waals surface area contributed by atoms with Crippen molar-refractivity contribution in [2.75, 3.05) is 45.6 Å². The fraction of sp³-hybridized carbons (Fsp3) is 0.229. The van der Waals surface area contributed by atoms with Crippen LogP contribution in [0.2, 0.25) is 0 Å². The Labute approximate surface area is 277 Å². The Hall–Kier alpha value is -5.11. The number of anilines is 1. The number of carbonyl (C=O) groups excluding carboxylic acids is 1. The summed E-state index contributed by atoms with van der Waals surface area (Å²) in [5.74, 6) is -0.0380. The molecule has 1 aliphatic rings. The number of nitrogen functional groups attached to an aromatic ring is 1. The Morgan fingerprint density at radius 1 is 0.958 bits per heavy atom. The van der Waals surface area contributed by atoms with E-state index in [0.717, 1.165) is 5.56 Å². The summed E-state index contributed by atoms with van der Waals surface area (Å²) < 4.78 is 48.8. The van der Waals surface area contributed by atoms with E-state index in [2.05, 4.69) is 5.32 Å². The molecule has 0 radical (unpaired) electrons. The van der Waals surface area contributed by atoms with Crippen LogP contribution in [0, 0.1) is 5.82 Å². The third-order valence-electron chi connectivity index (χ3n) is 8.33. The first-order valence-electron chi connectivity index (χ1n) is 15.4. The van der Waals surface area contributed by atoms with E-state index < -0.39 is 27.4 Å². The molecule has 1 fully saturated rings. The van der Waals surface area contributed by atoms with E-state index in [-0.39, 0.29) is 47.2 Å². The maximum Gasteiger partial charge on any atom is 0.266 e. The van der Waals surface area contributed by atoms with Crippen molar-refractivity contribution in [3.8, 4) is 11.4 Å². The van der Waals surface area contributed by atoms with Gasteiger partial charge in [0, 0.05) is 37.9 Å². The second-order valence-corrected chi connectivity index (χ2v) is 13.5. The Bertz CT molecular complexity index is 2080. The van der Waals surface area contributed by atoms with Crippen molar-refractivity contribution in [3.05, 3.63) is 125 Å². The number of ether oxygens (including phenoxy) is 1. The number of rotatable bonds is 10. The Kier molecular flexibility index (Phi) is 9.53. The minimum absolute atomic E-state index is 0.00394. The summed E-state index contributed by atoms with van der Waals surface area (Å²) in [6, 6.07) is 25.5. The maximum absolute atomic E-state index is 14.4. The van der Waals surface area contributed by atoms with Gasteiger partial charge in [0.25, 0.3) is 5.56 Å². The van der Waals surface area contributed by atoms with Crippen LogP contribution in [0.5, 0.6) is 5.75 Å². The molecular formula is C35H35FN6O5S. The third kappa shape index (κ3) is 7.08. The fourth-order valence-electron chi connectivity index (χ4n) is 5.81. The molecule has 48 heavy (non-hydrogen) atoms. The molecule has 0 bridgehead atoms. The number of fused-ring (bicyclic) bond motifs is 1. The van der Waals surface area contributed by atoms with Crippen molar-refractivity contribution in [1.82, 2.24) is 24.1 Å². The van der Waals surface area contributed by atoms with Gasteiger partial charge in [-0.15, -0.1) is 0 Å². The number of piperazine rings is 1. The van der Waals surface area contributed by atoms with Crippen LogP contribution in [-0.2, 0) is 21.2 Å². The molecule has 11 nitrogen and oxygen atoms in total. The maximum atomic E-state index is 14.4. The van der Waals surface area contributed by atoms with E-state index in [0.29, 0.717) is 36.6 Å². The van der Waals surface area contributed by atoms with E-state index in [9.17, 15) is 22.4 Å². The number of nitrogens with one attached hydrogen (secondary N) is 1. The van der Waals surface area contributed by atoms with Gasteiger partial charge in [-0.1, -0.05) is 30.3 Å². The molecule has 0 saturated carbocycles. The van der Waals surface area contributed by atoms with Crippen molar-refractivity contribution in [1.29, 1.82) is 0 Å². The van der Waals surface area contributed by atoms with Gasteiger partial charge in [-0.2, -0.15) is 4.31 Å². The number of carbonyl (C=O) groups is 1. The van der Waals surface area contributed by atoms with Gasteiger partial charge in [-0.3, -0.25) is 19.1 Å². The standard InChI is InChI=1S/C35H35FN6O5S/c1-47-28-12-10-27(11-13-28)42-34(39-31-22-25(36)7-16-30(31)35(42)44)32(21-24-5-3-2-4-6-24)38-33(43)23-40-17-19-41(20-18-40)48(45,46)29-14-8-26(37)9-15-29/h2-16,22,32H,17-21,23,37H2,1H3,(H,38,43)/t32-/m0/s1. The summed E-state index contributed by atoms with van der Waals surface area (Å²) in [5, 5.41) is 3.31. The summed E-state index contributed by atoms with van der Waals surface area (Å²) in [6.45, 7) is 1.10. The van der Waals surface area contributed by atoms with Crippen LogP contribution in [0.15, 0.2) is 107 Å². The second kappa shape index (κ2) is 13.9. The van der Waals surface area contributed by atoms with Crippen LogP contribution in [0.25, 0.3) is 16.6 Å². The lowest BCUT2D eigenvalue weighted by atomic mass is 10.0. The van der Waals surface area contributed by atoms with E-state index >= 15 is 0 Å². The van der Waals surface area contributed by atoms with Crippen molar-refractivity contribution < 1.29 is 22.3 Å². The number of halogens is 1. The lowest BCUT2D eigenvalue weighted by Gasteiger charge is -2.34. The molecule has 3 N–H and O–H groups in total. The van der Waals surface area contributed by atoms with Crippen LogP contribution in [-0.4, -0.2) is 72.9 Å². The van der Waals surface area contributed by atoms with Gasteiger partial charge < -0.3 is 15.8 Å². The summed E-state index contributed by atoms with van der Waals surface area (Å²) in [4.78, 5) is 34.5. The molecule has 1 amide bonds. The molecule has 1 saturated heterocycles. The van der Waals surface area contributed by atoms with Gasteiger partial charge in [-0.05, 0) is 72.6 Å². The quantitative estimate of drug-likeness (QED) is 0.215. The number of aromatic nitrogens is 2. The largest absolute Gasteiger partial charge is 0.497 e. The van der Waals surface area contributed by atoms with Gasteiger partial charge in [-0.25, -0.2) is 17.8 Å². The van der Waals surface area contributed by atoms with Crippen LogP contribution in [0.1, 0.15) is 17.4 Å². The predicted molar refractivity (Wildman–Crippen MR) is 181 cm³/mol. The molecule has 0 unspecified atom stereocenters. The molecule has 248 valence electrons. The zero-order chi connectivity index (χ0) is 33.8. The van der Waals surface area contributed by atoms with Crippen molar-refractivity contribution in [2.45, 2.75) is 17.4 Å². The molecule has 1 atom stereocenters. The highest BCUT2D eigenvalue weighted by Crippen LogP contribution is 2.24. The average Bonchev–Trinajstić information content (AvgIpc) is 3.09. The highest BCUT2D eigenvalue weighted by molar-refractivity contribution is 7.89. The topological polar surface area (TPSA) is 140 Å². The summed E-state index contributed by atoms with van der Waals surface area (Å²) >= 11 is 0.